The van der Waals surface area contributed by atoms with Crippen LogP contribution in [0.3, 0.4) is 0 Å². The van der Waals surface area contributed by atoms with Crippen LogP contribution in [0, 0.1) is 0 Å². The van der Waals surface area contributed by atoms with Crippen molar-refractivity contribution in [3.8, 4) is 0 Å². The number of ether oxygens (including phenoxy) is 1. The Bertz CT molecular complexity index is 311. The maximum Gasteiger partial charge on any atom is 0.213 e. The fourth-order valence-corrected chi connectivity index (χ4v) is 3.32. The van der Waals surface area contributed by atoms with Crippen molar-refractivity contribution < 1.29 is 13.2 Å². The van der Waals surface area contributed by atoms with Gasteiger partial charge in [-0.15, -0.1) is 0 Å². The van der Waals surface area contributed by atoms with Crippen LogP contribution in [-0.2, 0) is 14.8 Å². The summed E-state index contributed by atoms with van der Waals surface area (Å²) in [5.74, 6) is 0.200. The predicted molar refractivity (Wildman–Crippen MR) is 68.5 cm³/mol. The van der Waals surface area contributed by atoms with Crippen LogP contribution in [0.1, 0.15) is 26.7 Å². The minimum atomic E-state index is -3.00. The molecule has 1 atom stereocenters. The lowest BCUT2D eigenvalue weighted by molar-refractivity contribution is 0.159. The third-order valence-electron chi connectivity index (χ3n) is 3.15. The highest BCUT2D eigenvalue weighted by Gasteiger charge is 2.26. The molecule has 1 unspecified atom stereocenters. The van der Waals surface area contributed by atoms with Gasteiger partial charge in [-0.1, -0.05) is 0 Å². The second kappa shape index (κ2) is 6.68. The van der Waals surface area contributed by atoms with Crippen molar-refractivity contribution in [2.75, 3.05) is 32.6 Å². The van der Waals surface area contributed by atoms with E-state index in [0.717, 1.165) is 12.8 Å². The number of hydrogen-bond donors (Lipinski definition) is 1. The third-order valence-corrected chi connectivity index (χ3v) is 5.03. The zero-order chi connectivity index (χ0) is 12.9. The van der Waals surface area contributed by atoms with Gasteiger partial charge in [0.15, 0.2) is 0 Å². The van der Waals surface area contributed by atoms with Gasteiger partial charge < -0.3 is 10.1 Å². The monoisotopic (exact) mass is 264 g/mol. The van der Waals surface area contributed by atoms with Gasteiger partial charge in [-0.05, 0) is 26.7 Å². The molecule has 1 saturated heterocycles. The molecule has 1 heterocycles. The summed E-state index contributed by atoms with van der Waals surface area (Å²) < 4.78 is 30.0. The van der Waals surface area contributed by atoms with E-state index in [1.165, 1.54) is 0 Å². The molecule has 102 valence electrons. The highest BCUT2D eigenvalue weighted by molar-refractivity contribution is 7.89. The molecular formula is C11H24N2O3S. The first-order chi connectivity index (χ1) is 7.99. The summed E-state index contributed by atoms with van der Waals surface area (Å²) in [5, 5.41) is 3.46. The topological polar surface area (TPSA) is 58.6 Å². The van der Waals surface area contributed by atoms with E-state index in [2.05, 4.69) is 12.2 Å². The van der Waals surface area contributed by atoms with Crippen molar-refractivity contribution in [2.24, 2.45) is 0 Å². The quantitative estimate of drug-likeness (QED) is 0.755. The normalized spacial score (nSPS) is 21.6. The lowest BCUT2D eigenvalue weighted by Crippen LogP contribution is -2.48. The minimum absolute atomic E-state index is 0.200. The molecule has 0 aromatic heterocycles. The summed E-state index contributed by atoms with van der Waals surface area (Å²) in [7, 11) is -1.31. The molecule has 17 heavy (non-hydrogen) atoms. The smallest absolute Gasteiger partial charge is 0.213 e. The van der Waals surface area contributed by atoms with Crippen LogP contribution >= 0.6 is 0 Å². The highest BCUT2D eigenvalue weighted by Crippen LogP contribution is 2.14. The van der Waals surface area contributed by atoms with Gasteiger partial charge in [-0.2, -0.15) is 0 Å². The van der Waals surface area contributed by atoms with Gasteiger partial charge in [-0.3, -0.25) is 0 Å². The lowest BCUT2D eigenvalue weighted by Gasteiger charge is -2.32. The first-order valence-corrected chi connectivity index (χ1v) is 7.83. The first kappa shape index (κ1) is 14.9. The minimum Gasteiger partial charge on any atom is -0.383 e. The summed E-state index contributed by atoms with van der Waals surface area (Å²) in [6.45, 7) is 5.73. The van der Waals surface area contributed by atoms with E-state index in [1.807, 2.05) is 0 Å². The van der Waals surface area contributed by atoms with E-state index in [0.29, 0.717) is 31.8 Å². The van der Waals surface area contributed by atoms with Crippen LogP contribution in [0.15, 0.2) is 0 Å². The van der Waals surface area contributed by atoms with Crippen LogP contribution in [0.2, 0.25) is 0 Å². The van der Waals surface area contributed by atoms with Crippen molar-refractivity contribution in [3.05, 3.63) is 0 Å². The molecule has 1 aliphatic heterocycles. The fraction of sp³-hybridized carbons (Fsp3) is 1.00. The number of hydrogen-bond acceptors (Lipinski definition) is 4. The summed E-state index contributed by atoms with van der Waals surface area (Å²) in [5.41, 5.74) is 0. The molecule has 6 heteroatoms. The molecule has 0 radical (unpaired) electrons. The third kappa shape index (κ3) is 4.54. The Labute approximate surface area is 105 Å². The van der Waals surface area contributed by atoms with Crippen LogP contribution in [0.4, 0.5) is 0 Å². The van der Waals surface area contributed by atoms with E-state index in [9.17, 15) is 8.42 Å². The SMILES string of the molecule is CCS(=O)(=O)N1CCC(NC(C)COC)CC1. The molecule has 0 aromatic carbocycles. The largest absolute Gasteiger partial charge is 0.383 e. The van der Waals surface area contributed by atoms with Gasteiger partial charge in [0, 0.05) is 32.3 Å². The van der Waals surface area contributed by atoms with Gasteiger partial charge in [0.1, 0.15) is 0 Å². The van der Waals surface area contributed by atoms with Crippen molar-refractivity contribution in [2.45, 2.75) is 38.8 Å². The number of rotatable bonds is 6. The average Bonchev–Trinajstić information content (AvgIpc) is 2.30. The predicted octanol–water partition coefficient (Wildman–Crippen LogP) is 0.425. The molecule has 1 fully saturated rings. The Kier molecular flexibility index (Phi) is 5.85. The van der Waals surface area contributed by atoms with E-state index < -0.39 is 10.0 Å². The van der Waals surface area contributed by atoms with Gasteiger partial charge >= 0.3 is 0 Å². The summed E-state index contributed by atoms with van der Waals surface area (Å²) >= 11 is 0. The first-order valence-electron chi connectivity index (χ1n) is 6.22. The Balaban J connectivity index is 2.36. The molecule has 1 rings (SSSR count). The van der Waals surface area contributed by atoms with E-state index in [1.54, 1.807) is 18.3 Å². The van der Waals surface area contributed by atoms with Crippen molar-refractivity contribution in [1.29, 1.82) is 0 Å². The van der Waals surface area contributed by atoms with E-state index in [-0.39, 0.29) is 5.75 Å². The molecule has 0 saturated carbocycles. The van der Waals surface area contributed by atoms with E-state index >= 15 is 0 Å². The standard InChI is InChI=1S/C11H24N2O3S/c1-4-17(14,15)13-7-5-11(6-8-13)12-10(2)9-16-3/h10-12H,4-9H2,1-3H3. The van der Waals surface area contributed by atoms with Crippen LogP contribution < -0.4 is 5.32 Å². The van der Waals surface area contributed by atoms with Gasteiger partial charge in [0.2, 0.25) is 10.0 Å². The molecule has 0 amide bonds. The number of sulfonamides is 1. The molecule has 0 spiro atoms. The maximum absolute atomic E-state index is 11.7. The van der Waals surface area contributed by atoms with Crippen molar-refractivity contribution >= 4 is 10.0 Å². The van der Waals surface area contributed by atoms with Crippen molar-refractivity contribution in [1.82, 2.24) is 9.62 Å². The summed E-state index contributed by atoms with van der Waals surface area (Å²) in [6, 6.07) is 0.725. The lowest BCUT2D eigenvalue weighted by atomic mass is 10.1. The molecule has 0 bridgehead atoms. The summed E-state index contributed by atoms with van der Waals surface area (Å²) in [4.78, 5) is 0. The highest BCUT2D eigenvalue weighted by atomic mass is 32.2. The van der Waals surface area contributed by atoms with Gasteiger partial charge in [0.05, 0.1) is 12.4 Å². The Morgan fingerprint density at radius 3 is 2.47 bits per heavy atom. The number of methoxy groups -OCH3 is 1. The molecule has 1 N–H and O–H groups in total. The average molecular weight is 264 g/mol. The Morgan fingerprint density at radius 1 is 1.41 bits per heavy atom. The fourth-order valence-electron chi connectivity index (χ4n) is 2.18. The second-order valence-corrected chi connectivity index (χ2v) is 6.85. The van der Waals surface area contributed by atoms with E-state index in [4.69, 9.17) is 4.74 Å². The zero-order valence-corrected chi connectivity index (χ0v) is 11.8. The Morgan fingerprint density at radius 2 is 2.00 bits per heavy atom. The molecule has 5 nitrogen and oxygen atoms in total. The number of nitrogens with one attached hydrogen (secondary N) is 1. The molecular weight excluding hydrogens is 240 g/mol. The van der Waals surface area contributed by atoms with Crippen LogP contribution in [-0.4, -0.2) is 57.4 Å². The molecule has 1 aliphatic rings. The van der Waals surface area contributed by atoms with Gasteiger partial charge in [0.25, 0.3) is 0 Å². The number of nitrogens with zero attached hydrogens (tertiary/aromatic N) is 1. The molecule has 0 aromatic rings. The molecule has 0 aliphatic carbocycles. The van der Waals surface area contributed by atoms with Crippen LogP contribution in [0.5, 0.6) is 0 Å². The maximum atomic E-state index is 11.7. The van der Waals surface area contributed by atoms with Gasteiger partial charge in [-0.25, -0.2) is 12.7 Å². The summed E-state index contributed by atoms with van der Waals surface area (Å²) in [6.07, 6.45) is 1.76. The zero-order valence-electron chi connectivity index (χ0n) is 11.0. The van der Waals surface area contributed by atoms with Crippen molar-refractivity contribution in [3.63, 3.8) is 0 Å². The Hall–Kier alpha value is -0.170. The van der Waals surface area contributed by atoms with Crippen LogP contribution in [0.25, 0.3) is 0 Å². The second-order valence-electron chi connectivity index (χ2n) is 4.60. The number of piperidine rings is 1.